The van der Waals surface area contributed by atoms with E-state index in [-0.39, 0.29) is 0 Å². The highest BCUT2D eigenvalue weighted by atomic mass is 15.1. The second-order valence-electron chi connectivity index (χ2n) is 5.89. The molecule has 0 amide bonds. The van der Waals surface area contributed by atoms with E-state index >= 15 is 0 Å². The summed E-state index contributed by atoms with van der Waals surface area (Å²) in [7, 11) is 4.35. The summed E-state index contributed by atoms with van der Waals surface area (Å²) >= 11 is 0. The van der Waals surface area contributed by atoms with Gasteiger partial charge in [0.05, 0.1) is 0 Å². The first kappa shape index (κ1) is 13.6. The molecular weight excluding hydrogens is 220 g/mol. The SMILES string of the molecule is CCCc1ccc(C(C2CC(N)C2)N(C)C)cc1. The Balaban J connectivity index is 2.10. The van der Waals surface area contributed by atoms with Gasteiger partial charge in [0.15, 0.2) is 0 Å². The number of aryl methyl sites for hydroxylation is 1. The van der Waals surface area contributed by atoms with Gasteiger partial charge < -0.3 is 10.6 Å². The zero-order valence-electron chi connectivity index (χ0n) is 11.9. The Labute approximate surface area is 111 Å². The van der Waals surface area contributed by atoms with Crippen LogP contribution in [0, 0.1) is 5.92 Å². The normalized spacial score (nSPS) is 24.9. The molecule has 2 rings (SSSR count). The highest BCUT2D eigenvalue weighted by molar-refractivity contribution is 5.26. The first-order chi connectivity index (χ1) is 8.61. The van der Waals surface area contributed by atoms with Crippen LogP contribution in [0.5, 0.6) is 0 Å². The van der Waals surface area contributed by atoms with E-state index in [0.717, 1.165) is 5.92 Å². The fourth-order valence-corrected chi connectivity index (χ4v) is 3.13. The molecule has 0 bridgehead atoms. The molecule has 1 aromatic rings. The average Bonchev–Trinajstić information content (AvgIpc) is 2.29. The van der Waals surface area contributed by atoms with Crippen LogP contribution in [0.2, 0.25) is 0 Å². The minimum absolute atomic E-state index is 0.428. The number of hydrogen-bond acceptors (Lipinski definition) is 2. The predicted molar refractivity (Wildman–Crippen MR) is 77.6 cm³/mol. The van der Waals surface area contributed by atoms with E-state index in [1.807, 2.05) is 0 Å². The van der Waals surface area contributed by atoms with E-state index in [9.17, 15) is 0 Å². The fourth-order valence-electron chi connectivity index (χ4n) is 3.13. The predicted octanol–water partition coefficient (Wildman–Crippen LogP) is 2.98. The smallest absolute Gasteiger partial charge is 0.0371 e. The van der Waals surface area contributed by atoms with Gasteiger partial charge in [-0.05, 0) is 50.4 Å². The molecule has 2 nitrogen and oxygen atoms in total. The third-order valence-corrected chi connectivity index (χ3v) is 4.07. The molecule has 18 heavy (non-hydrogen) atoms. The van der Waals surface area contributed by atoms with Crippen molar-refractivity contribution in [2.75, 3.05) is 14.1 Å². The molecule has 1 fully saturated rings. The quantitative estimate of drug-likeness (QED) is 0.865. The van der Waals surface area contributed by atoms with Crippen LogP contribution in [0.1, 0.15) is 43.4 Å². The molecule has 0 heterocycles. The van der Waals surface area contributed by atoms with Crippen LogP contribution >= 0.6 is 0 Å². The van der Waals surface area contributed by atoms with Gasteiger partial charge in [-0.3, -0.25) is 0 Å². The van der Waals surface area contributed by atoms with Crippen LogP contribution in [0.4, 0.5) is 0 Å². The Morgan fingerprint density at radius 2 is 1.83 bits per heavy atom. The molecule has 1 atom stereocenters. The third-order valence-electron chi connectivity index (χ3n) is 4.07. The van der Waals surface area contributed by atoms with Gasteiger partial charge >= 0.3 is 0 Å². The molecule has 0 saturated heterocycles. The van der Waals surface area contributed by atoms with Gasteiger partial charge in [0.2, 0.25) is 0 Å². The van der Waals surface area contributed by atoms with E-state index in [0.29, 0.717) is 12.1 Å². The van der Waals surface area contributed by atoms with Crippen LogP contribution in [0.25, 0.3) is 0 Å². The maximum Gasteiger partial charge on any atom is 0.0371 e. The lowest BCUT2D eigenvalue weighted by Gasteiger charge is -2.42. The minimum Gasteiger partial charge on any atom is -0.328 e. The van der Waals surface area contributed by atoms with E-state index in [1.165, 1.54) is 36.8 Å². The zero-order chi connectivity index (χ0) is 13.1. The maximum absolute atomic E-state index is 5.93. The molecule has 0 radical (unpaired) electrons. The molecule has 100 valence electrons. The molecule has 0 aromatic heterocycles. The maximum atomic E-state index is 5.93. The molecule has 0 aliphatic heterocycles. The highest BCUT2D eigenvalue weighted by Gasteiger charge is 2.34. The van der Waals surface area contributed by atoms with Gasteiger partial charge in [0.25, 0.3) is 0 Å². The molecule has 1 aliphatic rings. The lowest BCUT2D eigenvalue weighted by molar-refractivity contribution is 0.123. The summed E-state index contributed by atoms with van der Waals surface area (Å²) < 4.78 is 0. The lowest BCUT2D eigenvalue weighted by atomic mass is 9.73. The number of nitrogens with zero attached hydrogens (tertiary/aromatic N) is 1. The molecule has 1 aliphatic carbocycles. The minimum atomic E-state index is 0.428. The number of benzene rings is 1. The molecule has 0 spiro atoms. The molecule has 1 unspecified atom stereocenters. The van der Waals surface area contributed by atoms with E-state index in [2.05, 4.69) is 50.2 Å². The molecule has 1 aromatic carbocycles. The second kappa shape index (κ2) is 5.85. The summed E-state index contributed by atoms with van der Waals surface area (Å²) in [5, 5.41) is 0. The number of nitrogens with two attached hydrogens (primary N) is 1. The van der Waals surface area contributed by atoms with E-state index < -0.39 is 0 Å². The molecule has 2 N–H and O–H groups in total. The van der Waals surface area contributed by atoms with E-state index in [1.54, 1.807) is 0 Å². The van der Waals surface area contributed by atoms with Crippen LogP contribution in [-0.4, -0.2) is 25.0 Å². The van der Waals surface area contributed by atoms with Crippen molar-refractivity contribution in [2.45, 2.75) is 44.7 Å². The zero-order valence-corrected chi connectivity index (χ0v) is 11.9. The Morgan fingerprint density at radius 3 is 2.28 bits per heavy atom. The lowest BCUT2D eigenvalue weighted by Crippen LogP contribution is -2.43. The van der Waals surface area contributed by atoms with Crippen molar-refractivity contribution in [1.29, 1.82) is 0 Å². The largest absolute Gasteiger partial charge is 0.328 e. The first-order valence-electron chi connectivity index (χ1n) is 7.12. The summed E-state index contributed by atoms with van der Waals surface area (Å²) in [6.07, 6.45) is 4.73. The number of hydrogen-bond donors (Lipinski definition) is 1. The summed E-state index contributed by atoms with van der Waals surface area (Å²) in [4.78, 5) is 2.34. The standard InChI is InChI=1S/C16H26N2/c1-4-5-12-6-8-13(9-7-12)16(18(2)3)14-10-15(17)11-14/h6-9,14-16H,4-5,10-11,17H2,1-3H3. The monoisotopic (exact) mass is 246 g/mol. The Kier molecular flexibility index (Phi) is 4.41. The Bertz CT molecular complexity index is 363. The van der Waals surface area contributed by atoms with Gasteiger partial charge in [-0.2, -0.15) is 0 Å². The van der Waals surface area contributed by atoms with E-state index in [4.69, 9.17) is 5.73 Å². The summed E-state index contributed by atoms with van der Waals surface area (Å²) in [6.45, 7) is 2.23. The number of rotatable bonds is 5. The van der Waals surface area contributed by atoms with Gasteiger partial charge in [-0.1, -0.05) is 37.6 Å². The fraction of sp³-hybridized carbons (Fsp3) is 0.625. The summed E-state index contributed by atoms with van der Waals surface area (Å²) in [5.74, 6) is 0.729. The topological polar surface area (TPSA) is 29.3 Å². The third kappa shape index (κ3) is 2.93. The van der Waals surface area contributed by atoms with Crippen molar-refractivity contribution in [2.24, 2.45) is 11.7 Å². The summed E-state index contributed by atoms with van der Waals surface area (Å²) in [6, 6.07) is 10.1. The van der Waals surface area contributed by atoms with Gasteiger partial charge in [0.1, 0.15) is 0 Å². The van der Waals surface area contributed by atoms with Crippen molar-refractivity contribution in [1.82, 2.24) is 4.90 Å². The van der Waals surface area contributed by atoms with Crippen LogP contribution in [-0.2, 0) is 6.42 Å². The summed E-state index contributed by atoms with van der Waals surface area (Å²) in [5.41, 5.74) is 8.82. The van der Waals surface area contributed by atoms with Gasteiger partial charge in [0, 0.05) is 12.1 Å². The first-order valence-corrected chi connectivity index (χ1v) is 7.12. The van der Waals surface area contributed by atoms with Crippen LogP contribution in [0.3, 0.4) is 0 Å². The van der Waals surface area contributed by atoms with Crippen molar-refractivity contribution in [3.8, 4) is 0 Å². The van der Waals surface area contributed by atoms with Gasteiger partial charge in [-0.15, -0.1) is 0 Å². The van der Waals surface area contributed by atoms with Gasteiger partial charge in [-0.25, -0.2) is 0 Å². The van der Waals surface area contributed by atoms with Crippen molar-refractivity contribution < 1.29 is 0 Å². The Hall–Kier alpha value is -0.860. The highest BCUT2D eigenvalue weighted by Crippen LogP contribution is 2.39. The Morgan fingerprint density at radius 1 is 1.22 bits per heavy atom. The molecule has 1 saturated carbocycles. The molecule has 2 heteroatoms. The van der Waals surface area contributed by atoms with Crippen molar-refractivity contribution in [3.05, 3.63) is 35.4 Å². The van der Waals surface area contributed by atoms with Crippen LogP contribution in [0.15, 0.2) is 24.3 Å². The van der Waals surface area contributed by atoms with Crippen molar-refractivity contribution in [3.63, 3.8) is 0 Å². The van der Waals surface area contributed by atoms with Crippen LogP contribution < -0.4 is 5.73 Å². The molecular formula is C16H26N2. The van der Waals surface area contributed by atoms with Crippen molar-refractivity contribution >= 4 is 0 Å². The second-order valence-corrected chi connectivity index (χ2v) is 5.89. The average molecular weight is 246 g/mol.